The monoisotopic (exact) mass is 336 g/mol. The average Bonchev–Trinajstić information content (AvgIpc) is 2.99. The normalized spacial score (nSPS) is 26.5. The number of aryl methyl sites for hydroxylation is 1. The molecule has 2 saturated heterocycles. The van der Waals surface area contributed by atoms with E-state index in [4.69, 9.17) is 9.84 Å². The molecule has 1 N–H and O–H groups in total. The minimum absolute atomic E-state index is 0.252. The van der Waals surface area contributed by atoms with E-state index in [1.807, 2.05) is 19.4 Å². The summed E-state index contributed by atoms with van der Waals surface area (Å²) in [5, 5.41) is 9.09. The summed E-state index contributed by atoms with van der Waals surface area (Å²) in [5.74, 6) is 0.766. The van der Waals surface area contributed by atoms with Crippen molar-refractivity contribution in [2.45, 2.75) is 31.8 Å². The van der Waals surface area contributed by atoms with E-state index < -0.39 is 5.97 Å². The highest BCUT2D eigenvalue weighted by molar-refractivity contribution is 5.66. The van der Waals surface area contributed by atoms with Gasteiger partial charge in [0.05, 0.1) is 19.8 Å². The summed E-state index contributed by atoms with van der Waals surface area (Å²) >= 11 is 0. The number of hydrogen-bond donors (Lipinski definition) is 1. The SMILES string of the molecule is Cn1ccnc1CN1CC[C@H](N2CCOCC2)[C@H](CCC(=O)O)C1. The highest BCUT2D eigenvalue weighted by atomic mass is 16.5. The fourth-order valence-electron chi connectivity index (χ4n) is 3.97. The molecule has 0 bridgehead atoms. The van der Waals surface area contributed by atoms with Crippen LogP contribution in [0.4, 0.5) is 0 Å². The molecule has 0 radical (unpaired) electrons. The van der Waals surface area contributed by atoms with Gasteiger partial charge in [0.15, 0.2) is 0 Å². The van der Waals surface area contributed by atoms with Gasteiger partial charge in [0.1, 0.15) is 5.82 Å². The number of piperidine rings is 1. The number of likely N-dealkylation sites (tertiary alicyclic amines) is 1. The summed E-state index contributed by atoms with van der Waals surface area (Å²) in [6.45, 7) is 6.34. The van der Waals surface area contributed by atoms with Gasteiger partial charge in [-0.05, 0) is 18.8 Å². The molecule has 0 aliphatic carbocycles. The van der Waals surface area contributed by atoms with Crippen LogP contribution >= 0.6 is 0 Å². The van der Waals surface area contributed by atoms with Crippen molar-refractivity contribution in [3.63, 3.8) is 0 Å². The molecule has 0 unspecified atom stereocenters. The predicted molar refractivity (Wildman–Crippen MR) is 89.6 cm³/mol. The van der Waals surface area contributed by atoms with Crippen LogP contribution in [-0.2, 0) is 23.1 Å². The quantitative estimate of drug-likeness (QED) is 0.829. The van der Waals surface area contributed by atoms with Gasteiger partial charge in [0.25, 0.3) is 0 Å². The molecular weight excluding hydrogens is 308 g/mol. The van der Waals surface area contributed by atoms with Crippen molar-refractivity contribution in [1.29, 1.82) is 0 Å². The van der Waals surface area contributed by atoms with Gasteiger partial charge in [-0.15, -0.1) is 0 Å². The van der Waals surface area contributed by atoms with Crippen LogP contribution in [0.5, 0.6) is 0 Å². The van der Waals surface area contributed by atoms with Crippen LogP contribution in [-0.4, -0.2) is 75.9 Å². The Morgan fingerprint density at radius 1 is 1.38 bits per heavy atom. The first-order chi connectivity index (χ1) is 11.6. The van der Waals surface area contributed by atoms with Gasteiger partial charge in [-0.3, -0.25) is 14.6 Å². The van der Waals surface area contributed by atoms with Crippen LogP contribution < -0.4 is 0 Å². The smallest absolute Gasteiger partial charge is 0.303 e. The number of carbonyl (C=O) groups is 1. The van der Waals surface area contributed by atoms with E-state index in [0.29, 0.717) is 12.0 Å². The van der Waals surface area contributed by atoms with Crippen LogP contribution in [0.15, 0.2) is 12.4 Å². The largest absolute Gasteiger partial charge is 0.481 e. The number of carboxylic acids is 1. The van der Waals surface area contributed by atoms with Crippen LogP contribution in [0, 0.1) is 5.92 Å². The summed E-state index contributed by atoms with van der Waals surface area (Å²) < 4.78 is 7.53. The summed E-state index contributed by atoms with van der Waals surface area (Å²) in [6.07, 6.45) is 5.89. The maximum Gasteiger partial charge on any atom is 0.303 e. The van der Waals surface area contributed by atoms with E-state index in [2.05, 4.69) is 19.4 Å². The zero-order valence-corrected chi connectivity index (χ0v) is 14.4. The van der Waals surface area contributed by atoms with Gasteiger partial charge in [-0.25, -0.2) is 4.98 Å². The van der Waals surface area contributed by atoms with Gasteiger partial charge in [0, 0.05) is 58.1 Å². The van der Waals surface area contributed by atoms with E-state index in [-0.39, 0.29) is 6.42 Å². The minimum Gasteiger partial charge on any atom is -0.481 e. The van der Waals surface area contributed by atoms with E-state index >= 15 is 0 Å². The molecule has 2 aliphatic rings. The number of aromatic nitrogens is 2. The lowest BCUT2D eigenvalue weighted by Crippen LogP contribution is -2.54. The molecule has 3 heterocycles. The van der Waals surface area contributed by atoms with Crippen molar-refractivity contribution in [3.05, 3.63) is 18.2 Å². The van der Waals surface area contributed by atoms with Gasteiger partial charge >= 0.3 is 5.97 Å². The fraction of sp³-hybridized carbons (Fsp3) is 0.765. The number of carboxylic acid groups (broad SMARTS) is 1. The molecule has 2 atom stereocenters. The zero-order chi connectivity index (χ0) is 16.9. The number of aliphatic carboxylic acids is 1. The molecule has 2 fully saturated rings. The number of nitrogens with zero attached hydrogens (tertiary/aromatic N) is 4. The Bertz CT molecular complexity index is 542. The van der Waals surface area contributed by atoms with E-state index in [1.165, 1.54) is 0 Å². The van der Waals surface area contributed by atoms with Crippen molar-refractivity contribution in [2.75, 3.05) is 39.4 Å². The van der Waals surface area contributed by atoms with Gasteiger partial charge < -0.3 is 14.4 Å². The molecule has 7 heteroatoms. The van der Waals surface area contributed by atoms with Gasteiger partial charge in [-0.1, -0.05) is 0 Å². The minimum atomic E-state index is -0.697. The summed E-state index contributed by atoms with van der Waals surface area (Å²) in [6, 6.07) is 0.478. The standard InChI is InChI=1S/C17H28N4O3/c1-19-7-5-18-16(19)13-20-6-4-15(21-8-10-24-11-9-21)14(12-20)2-3-17(22)23/h5,7,14-15H,2-4,6,8-13H2,1H3,(H,22,23)/t14-,15+/m1/s1. The highest BCUT2D eigenvalue weighted by Crippen LogP contribution is 2.27. The number of rotatable bonds is 6. The van der Waals surface area contributed by atoms with Crippen molar-refractivity contribution in [2.24, 2.45) is 13.0 Å². The highest BCUT2D eigenvalue weighted by Gasteiger charge is 2.34. The summed E-state index contributed by atoms with van der Waals surface area (Å²) in [7, 11) is 2.02. The lowest BCUT2D eigenvalue weighted by molar-refractivity contribution is -0.137. The average molecular weight is 336 g/mol. The van der Waals surface area contributed by atoms with Crippen LogP contribution in [0.25, 0.3) is 0 Å². The molecule has 7 nitrogen and oxygen atoms in total. The summed E-state index contributed by atoms with van der Waals surface area (Å²) in [5.41, 5.74) is 0. The third kappa shape index (κ3) is 4.34. The first kappa shape index (κ1) is 17.4. The summed E-state index contributed by atoms with van der Waals surface area (Å²) in [4.78, 5) is 20.4. The molecule has 0 saturated carbocycles. The topological polar surface area (TPSA) is 70.8 Å². The third-order valence-electron chi connectivity index (χ3n) is 5.31. The number of morpholine rings is 1. The molecule has 24 heavy (non-hydrogen) atoms. The predicted octanol–water partition coefficient (Wildman–Crippen LogP) is 0.808. The molecule has 0 aromatic carbocycles. The fourth-order valence-corrected chi connectivity index (χ4v) is 3.97. The Kier molecular flexibility index (Phi) is 5.86. The molecule has 0 amide bonds. The Morgan fingerprint density at radius 3 is 2.83 bits per heavy atom. The van der Waals surface area contributed by atoms with Crippen molar-refractivity contribution < 1.29 is 14.6 Å². The number of imidazole rings is 1. The number of hydrogen-bond acceptors (Lipinski definition) is 5. The molecule has 0 spiro atoms. The van der Waals surface area contributed by atoms with Crippen LogP contribution in [0.2, 0.25) is 0 Å². The molecule has 2 aliphatic heterocycles. The molecule has 134 valence electrons. The van der Waals surface area contributed by atoms with Gasteiger partial charge in [-0.2, -0.15) is 0 Å². The van der Waals surface area contributed by atoms with E-state index in [1.54, 1.807) is 0 Å². The Balaban J connectivity index is 1.63. The zero-order valence-electron chi connectivity index (χ0n) is 14.4. The van der Waals surface area contributed by atoms with Gasteiger partial charge in [0.2, 0.25) is 0 Å². The second-order valence-corrected chi connectivity index (χ2v) is 6.89. The van der Waals surface area contributed by atoms with Crippen molar-refractivity contribution in [3.8, 4) is 0 Å². The van der Waals surface area contributed by atoms with Crippen molar-refractivity contribution >= 4 is 5.97 Å². The lowest BCUT2D eigenvalue weighted by Gasteiger charge is -2.45. The van der Waals surface area contributed by atoms with Crippen LogP contribution in [0.1, 0.15) is 25.1 Å². The molecule has 1 aromatic rings. The second-order valence-electron chi connectivity index (χ2n) is 6.89. The number of ether oxygens (including phenoxy) is 1. The third-order valence-corrected chi connectivity index (χ3v) is 5.31. The molecular formula is C17H28N4O3. The van der Waals surface area contributed by atoms with Crippen LogP contribution in [0.3, 0.4) is 0 Å². The second kappa shape index (κ2) is 8.09. The Labute approximate surface area is 143 Å². The molecule has 1 aromatic heterocycles. The maximum absolute atomic E-state index is 11.0. The first-order valence-electron chi connectivity index (χ1n) is 8.85. The maximum atomic E-state index is 11.0. The first-order valence-corrected chi connectivity index (χ1v) is 8.85. The van der Waals surface area contributed by atoms with E-state index in [9.17, 15) is 4.79 Å². The Hall–Kier alpha value is -1.44. The van der Waals surface area contributed by atoms with Crippen molar-refractivity contribution in [1.82, 2.24) is 19.4 Å². The lowest BCUT2D eigenvalue weighted by atomic mass is 9.86. The molecule has 3 rings (SSSR count). The van der Waals surface area contributed by atoms with E-state index in [0.717, 1.165) is 64.6 Å². The Morgan fingerprint density at radius 2 is 2.17 bits per heavy atom.